The van der Waals surface area contributed by atoms with Gasteiger partial charge in [0.05, 0.1) is 10.6 Å². The topological polar surface area (TPSA) is 32.7 Å². The average Bonchev–Trinajstić information content (AvgIpc) is 3.13. The lowest BCUT2D eigenvalue weighted by Gasteiger charge is -2.15. The molecule has 3 nitrogen and oxygen atoms in total. The number of rotatable bonds is 5. The second kappa shape index (κ2) is 9.25. The maximum atomic E-state index is 13.4. The fourth-order valence-electron chi connectivity index (χ4n) is 3.80. The van der Waals surface area contributed by atoms with Crippen LogP contribution in [0.1, 0.15) is 11.1 Å². The number of benzene rings is 4. The first-order valence-electron chi connectivity index (χ1n) is 10.6. The summed E-state index contributed by atoms with van der Waals surface area (Å²) in [5.74, 6) is 0.00791. The Kier molecular flexibility index (Phi) is 5.86. The van der Waals surface area contributed by atoms with Gasteiger partial charge in [0, 0.05) is 6.54 Å². The Labute approximate surface area is 192 Å². The number of hydrogen-bond acceptors (Lipinski definition) is 3. The Morgan fingerprint density at radius 2 is 1.47 bits per heavy atom. The maximum absolute atomic E-state index is 13.4. The average molecular weight is 435 g/mol. The van der Waals surface area contributed by atoms with Crippen molar-refractivity contribution in [2.24, 2.45) is 4.99 Å². The summed E-state index contributed by atoms with van der Waals surface area (Å²) in [7, 11) is 0. The third-order valence-electron chi connectivity index (χ3n) is 5.45. The van der Waals surface area contributed by atoms with Gasteiger partial charge in [-0.25, -0.2) is 4.99 Å². The van der Waals surface area contributed by atoms with Gasteiger partial charge in [-0.15, -0.1) is 0 Å². The van der Waals surface area contributed by atoms with Crippen LogP contribution in [-0.2, 0) is 11.2 Å². The Bertz CT molecular complexity index is 1310. The minimum atomic E-state index is 0.00791. The molecule has 0 atom stereocenters. The molecule has 1 aliphatic rings. The molecule has 1 heterocycles. The van der Waals surface area contributed by atoms with E-state index < -0.39 is 0 Å². The molecule has 0 bridgehead atoms. The molecule has 0 aliphatic carbocycles. The second-order valence-electron chi connectivity index (χ2n) is 7.60. The molecule has 32 heavy (non-hydrogen) atoms. The summed E-state index contributed by atoms with van der Waals surface area (Å²) >= 11 is 1.45. The van der Waals surface area contributed by atoms with Gasteiger partial charge in [0.2, 0.25) is 0 Å². The van der Waals surface area contributed by atoms with Crippen molar-refractivity contribution >= 4 is 45.4 Å². The van der Waals surface area contributed by atoms with E-state index in [9.17, 15) is 4.79 Å². The van der Waals surface area contributed by atoms with E-state index in [-0.39, 0.29) is 5.91 Å². The lowest BCUT2D eigenvalue weighted by molar-refractivity contribution is -0.122. The lowest BCUT2D eigenvalue weighted by Crippen LogP contribution is -2.31. The van der Waals surface area contributed by atoms with Crippen LogP contribution in [0.15, 0.2) is 113 Å². The van der Waals surface area contributed by atoms with E-state index in [2.05, 4.69) is 36.4 Å². The van der Waals surface area contributed by atoms with Crippen molar-refractivity contribution in [1.82, 2.24) is 4.90 Å². The van der Waals surface area contributed by atoms with Gasteiger partial charge in [0.15, 0.2) is 5.17 Å². The predicted molar refractivity (Wildman–Crippen MR) is 135 cm³/mol. The largest absolute Gasteiger partial charge is 0.286 e. The molecular formula is C28H22N2OS. The Hall–Kier alpha value is -3.63. The fraction of sp³-hybridized carbons (Fsp3) is 0.0714. The normalized spacial score (nSPS) is 16.4. The fourth-order valence-corrected chi connectivity index (χ4v) is 4.82. The molecule has 0 radical (unpaired) electrons. The van der Waals surface area contributed by atoms with Gasteiger partial charge >= 0.3 is 0 Å². The molecule has 1 saturated heterocycles. The van der Waals surface area contributed by atoms with Gasteiger partial charge < -0.3 is 0 Å². The van der Waals surface area contributed by atoms with E-state index in [1.165, 1.54) is 17.3 Å². The predicted octanol–water partition coefficient (Wildman–Crippen LogP) is 6.69. The van der Waals surface area contributed by atoms with Crippen LogP contribution in [0.2, 0.25) is 0 Å². The van der Waals surface area contributed by atoms with Crippen molar-refractivity contribution in [1.29, 1.82) is 0 Å². The minimum Gasteiger partial charge on any atom is -0.286 e. The van der Waals surface area contributed by atoms with Gasteiger partial charge in [-0.2, -0.15) is 0 Å². The molecule has 1 amide bonds. The molecule has 4 aromatic carbocycles. The van der Waals surface area contributed by atoms with Gasteiger partial charge in [-0.3, -0.25) is 9.69 Å². The molecule has 0 spiro atoms. The van der Waals surface area contributed by atoms with Crippen molar-refractivity contribution in [3.63, 3.8) is 0 Å². The number of thioether (sulfide) groups is 1. The molecule has 0 aromatic heterocycles. The van der Waals surface area contributed by atoms with Crippen molar-refractivity contribution in [3.8, 4) is 0 Å². The van der Waals surface area contributed by atoms with Crippen LogP contribution < -0.4 is 0 Å². The summed E-state index contributed by atoms with van der Waals surface area (Å²) in [4.78, 5) is 20.7. The van der Waals surface area contributed by atoms with E-state index >= 15 is 0 Å². The molecule has 0 N–H and O–H groups in total. The number of aliphatic imine (C=N–C) groups is 1. The zero-order valence-electron chi connectivity index (χ0n) is 17.5. The highest BCUT2D eigenvalue weighted by Crippen LogP contribution is 2.35. The van der Waals surface area contributed by atoms with Crippen LogP contribution in [0.3, 0.4) is 0 Å². The smallest absolute Gasteiger partial charge is 0.266 e. The number of nitrogens with zero attached hydrogens (tertiary/aromatic N) is 2. The molecule has 4 heteroatoms. The molecule has 1 aliphatic heterocycles. The van der Waals surface area contributed by atoms with Crippen LogP contribution >= 0.6 is 11.8 Å². The van der Waals surface area contributed by atoms with Crippen molar-refractivity contribution in [2.75, 3.05) is 6.54 Å². The molecule has 5 rings (SSSR count). The number of fused-ring (bicyclic) bond motifs is 1. The summed E-state index contributed by atoms with van der Waals surface area (Å²) in [5, 5.41) is 3.03. The second-order valence-corrected chi connectivity index (χ2v) is 8.61. The van der Waals surface area contributed by atoms with Crippen molar-refractivity contribution in [3.05, 3.63) is 119 Å². The Morgan fingerprint density at radius 1 is 0.781 bits per heavy atom. The van der Waals surface area contributed by atoms with Crippen LogP contribution in [0.4, 0.5) is 5.69 Å². The highest BCUT2D eigenvalue weighted by atomic mass is 32.2. The molecule has 1 fully saturated rings. The van der Waals surface area contributed by atoms with Crippen molar-refractivity contribution < 1.29 is 4.79 Å². The number of hydrogen-bond donors (Lipinski definition) is 0. The van der Waals surface area contributed by atoms with E-state index in [0.717, 1.165) is 33.6 Å². The summed E-state index contributed by atoms with van der Waals surface area (Å²) < 4.78 is 0. The number of amides is 1. The zero-order valence-corrected chi connectivity index (χ0v) is 18.3. The first kappa shape index (κ1) is 20.3. The number of amidine groups is 1. The van der Waals surface area contributed by atoms with Crippen LogP contribution in [0, 0.1) is 0 Å². The zero-order chi connectivity index (χ0) is 21.8. The SMILES string of the molecule is O=C1/C(=C\c2cccc3ccccc23)SC(=Nc2ccccc2)N1CCc1ccccc1. The summed E-state index contributed by atoms with van der Waals surface area (Å²) in [6.45, 7) is 0.592. The van der Waals surface area contributed by atoms with Gasteiger partial charge in [-0.05, 0) is 58.3 Å². The monoisotopic (exact) mass is 434 g/mol. The van der Waals surface area contributed by atoms with Crippen LogP contribution in [-0.4, -0.2) is 22.5 Å². The summed E-state index contributed by atoms with van der Waals surface area (Å²) in [6.07, 6.45) is 2.78. The maximum Gasteiger partial charge on any atom is 0.266 e. The first-order valence-corrected chi connectivity index (χ1v) is 11.5. The Balaban J connectivity index is 1.50. The van der Waals surface area contributed by atoms with E-state index in [0.29, 0.717) is 11.4 Å². The lowest BCUT2D eigenvalue weighted by atomic mass is 10.0. The summed E-state index contributed by atoms with van der Waals surface area (Å²) in [6, 6.07) is 34.5. The van der Waals surface area contributed by atoms with Gasteiger partial charge in [0.1, 0.15) is 0 Å². The van der Waals surface area contributed by atoms with Crippen LogP contribution in [0.5, 0.6) is 0 Å². The van der Waals surface area contributed by atoms with Gasteiger partial charge in [0.25, 0.3) is 5.91 Å². The number of para-hydroxylation sites is 1. The molecular weight excluding hydrogens is 412 g/mol. The first-order chi connectivity index (χ1) is 15.8. The minimum absolute atomic E-state index is 0.00791. The standard InChI is InChI=1S/C28H22N2OS/c31-27-26(20-23-14-9-13-22-12-7-8-17-25(22)23)32-28(29-24-15-5-2-6-16-24)30(27)19-18-21-10-3-1-4-11-21/h1-17,20H,18-19H2/b26-20+,29-28?. The Morgan fingerprint density at radius 3 is 2.28 bits per heavy atom. The quantitative estimate of drug-likeness (QED) is 0.328. The van der Waals surface area contributed by atoms with E-state index in [4.69, 9.17) is 4.99 Å². The third-order valence-corrected chi connectivity index (χ3v) is 6.45. The molecule has 156 valence electrons. The highest BCUT2D eigenvalue weighted by Gasteiger charge is 2.33. The summed E-state index contributed by atoms with van der Waals surface area (Å²) in [5.41, 5.74) is 3.10. The highest BCUT2D eigenvalue weighted by molar-refractivity contribution is 8.18. The van der Waals surface area contributed by atoms with Gasteiger partial charge in [-0.1, -0.05) is 91.0 Å². The van der Waals surface area contributed by atoms with Crippen molar-refractivity contribution in [2.45, 2.75) is 6.42 Å². The van der Waals surface area contributed by atoms with E-state index in [1.807, 2.05) is 77.7 Å². The molecule has 0 saturated carbocycles. The number of carbonyl (C=O) groups is 1. The third kappa shape index (κ3) is 4.36. The van der Waals surface area contributed by atoms with E-state index in [1.54, 1.807) is 0 Å². The number of carbonyl (C=O) groups excluding carboxylic acids is 1. The molecule has 4 aromatic rings. The van der Waals surface area contributed by atoms with Crippen LogP contribution in [0.25, 0.3) is 16.8 Å². The molecule has 0 unspecified atom stereocenters.